The van der Waals surface area contributed by atoms with Crippen LogP contribution in [0.5, 0.6) is 0 Å². The summed E-state index contributed by atoms with van der Waals surface area (Å²) in [4.78, 5) is 11.8. The number of para-hydroxylation sites is 1. The van der Waals surface area contributed by atoms with Crippen molar-refractivity contribution in [3.8, 4) is 11.1 Å². The number of rotatable bonds is 4. The summed E-state index contributed by atoms with van der Waals surface area (Å²) in [5.74, 6) is 0.889. The van der Waals surface area contributed by atoms with Crippen LogP contribution in [0.4, 0.5) is 17.2 Å². The van der Waals surface area contributed by atoms with Crippen molar-refractivity contribution in [1.82, 2.24) is 9.97 Å². The van der Waals surface area contributed by atoms with Gasteiger partial charge in [0.15, 0.2) is 0 Å². The summed E-state index contributed by atoms with van der Waals surface area (Å²) in [6, 6.07) is 41.1. The molecule has 2 aromatic heterocycles. The van der Waals surface area contributed by atoms with Crippen molar-refractivity contribution >= 4 is 49.6 Å². The first-order valence-electron chi connectivity index (χ1n) is 15.8. The second kappa shape index (κ2) is 10.9. The van der Waals surface area contributed by atoms with Gasteiger partial charge in [-0.1, -0.05) is 108 Å². The summed E-state index contributed by atoms with van der Waals surface area (Å²) in [7, 11) is 0. The third-order valence-electron chi connectivity index (χ3n) is 8.70. The molecular formula is C42H39N3. The maximum atomic E-state index is 4.94. The fourth-order valence-electron chi connectivity index (χ4n) is 6.90. The van der Waals surface area contributed by atoms with Crippen molar-refractivity contribution in [1.29, 1.82) is 0 Å². The van der Waals surface area contributed by atoms with Crippen LogP contribution in [0.15, 0.2) is 128 Å². The van der Waals surface area contributed by atoms with Gasteiger partial charge in [-0.3, -0.25) is 9.88 Å². The highest BCUT2D eigenvalue weighted by Crippen LogP contribution is 2.46. The van der Waals surface area contributed by atoms with E-state index < -0.39 is 0 Å². The molecule has 7 aromatic rings. The van der Waals surface area contributed by atoms with Gasteiger partial charge in [0, 0.05) is 34.5 Å². The van der Waals surface area contributed by atoms with Crippen LogP contribution >= 0.6 is 0 Å². The first-order chi connectivity index (χ1) is 21.6. The first kappa shape index (κ1) is 28.7. The van der Waals surface area contributed by atoms with Gasteiger partial charge in [-0.2, -0.15) is 0 Å². The molecule has 7 rings (SSSR count). The molecule has 0 atom stereocenters. The summed E-state index contributed by atoms with van der Waals surface area (Å²) in [5.41, 5.74) is 8.22. The van der Waals surface area contributed by atoms with E-state index in [4.69, 9.17) is 4.98 Å². The molecule has 0 spiro atoms. The molecule has 0 fully saturated rings. The summed E-state index contributed by atoms with van der Waals surface area (Å²) in [6.07, 6.45) is 3.77. The third-order valence-corrected chi connectivity index (χ3v) is 8.70. The predicted octanol–water partition coefficient (Wildman–Crippen LogP) is 11.7. The highest BCUT2D eigenvalue weighted by atomic mass is 15.2. The standard InChI is InChI=1S/C42H39N3/c1-41(2,3)38-34-24-19-29-13-12-26-44-40(29)37(34)39(42(4,5)6)33-23-20-30(27-35(33)38)28-17-21-32(22-18-28)45(31-14-8-7-9-15-31)36-16-10-11-25-43-36/h7-27H,1-6H3. The topological polar surface area (TPSA) is 29.0 Å². The summed E-state index contributed by atoms with van der Waals surface area (Å²) in [6.45, 7) is 14.0. The molecule has 0 N–H and O–H groups in total. The van der Waals surface area contributed by atoms with Crippen LogP contribution < -0.4 is 4.90 Å². The summed E-state index contributed by atoms with van der Waals surface area (Å²) < 4.78 is 0. The van der Waals surface area contributed by atoms with Gasteiger partial charge in [0.25, 0.3) is 0 Å². The Balaban J connectivity index is 1.43. The lowest BCUT2D eigenvalue weighted by Gasteiger charge is -2.31. The Morgan fingerprint density at radius 1 is 0.489 bits per heavy atom. The van der Waals surface area contributed by atoms with Crippen LogP contribution in [-0.2, 0) is 10.8 Å². The molecule has 0 radical (unpaired) electrons. The molecule has 5 aromatic carbocycles. The summed E-state index contributed by atoms with van der Waals surface area (Å²) >= 11 is 0. The normalized spacial score (nSPS) is 12.2. The first-order valence-corrected chi connectivity index (χ1v) is 15.8. The zero-order valence-corrected chi connectivity index (χ0v) is 27.0. The van der Waals surface area contributed by atoms with Gasteiger partial charge >= 0.3 is 0 Å². The Morgan fingerprint density at radius 2 is 1.13 bits per heavy atom. The van der Waals surface area contributed by atoms with Gasteiger partial charge in [0.1, 0.15) is 5.82 Å². The van der Waals surface area contributed by atoms with Crippen molar-refractivity contribution in [2.24, 2.45) is 0 Å². The van der Waals surface area contributed by atoms with Crippen LogP contribution in [0.2, 0.25) is 0 Å². The van der Waals surface area contributed by atoms with E-state index in [1.807, 2.05) is 42.7 Å². The van der Waals surface area contributed by atoms with E-state index >= 15 is 0 Å². The Kier molecular flexibility index (Phi) is 6.93. The number of fused-ring (bicyclic) bond motifs is 4. The molecule has 0 amide bonds. The average molecular weight is 586 g/mol. The molecule has 0 aliphatic rings. The summed E-state index contributed by atoms with van der Waals surface area (Å²) in [5, 5.41) is 6.39. The molecule has 222 valence electrons. The smallest absolute Gasteiger partial charge is 0.137 e. The molecule has 45 heavy (non-hydrogen) atoms. The molecule has 0 unspecified atom stereocenters. The van der Waals surface area contributed by atoms with Crippen molar-refractivity contribution < 1.29 is 0 Å². The molecule has 0 saturated heterocycles. The van der Waals surface area contributed by atoms with Gasteiger partial charge in [0.2, 0.25) is 0 Å². The average Bonchev–Trinajstić information content (AvgIpc) is 3.03. The predicted molar refractivity (Wildman–Crippen MR) is 192 cm³/mol. The van der Waals surface area contributed by atoms with Gasteiger partial charge in [-0.05, 0) is 97.8 Å². The van der Waals surface area contributed by atoms with E-state index in [9.17, 15) is 0 Å². The fraction of sp³-hybridized carbons (Fsp3) is 0.190. The molecule has 0 saturated carbocycles. The van der Waals surface area contributed by atoms with Crippen molar-refractivity contribution in [2.75, 3.05) is 4.90 Å². The Morgan fingerprint density at radius 3 is 1.82 bits per heavy atom. The number of nitrogens with zero attached hydrogens (tertiary/aromatic N) is 3. The minimum atomic E-state index is -0.0751. The lowest BCUT2D eigenvalue weighted by atomic mass is 9.73. The minimum Gasteiger partial charge on any atom is -0.295 e. The lowest BCUT2D eigenvalue weighted by Crippen LogP contribution is -2.18. The zero-order chi connectivity index (χ0) is 31.3. The second-order valence-electron chi connectivity index (χ2n) is 14.0. The van der Waals surface area contributed by atoms with Gasteiger partial charge in [-0.15, -0.1) is 0 Å². The largest absolute Gasteiger partial charge is 0.295 e. The molecule has 3 heteroatoms. The second-order valence-corrected chi connectivity index (χ2v) is 14.0. The zero-order valence-electron chi connectivity index (χ0n) is 27.0. The van der Waals surface area contributed by atoms with Crippen LogP contribution in [0, 0.1) is 0 Å². The van der Waals surface area contributed by atoms with E-state index in [-0.39, 0.29) is 10.8 Å². The van der Waals surface area contributed by atoms with Crippen molar-refractivity contribution in [3.63, 3.8) is 0 Å². The molecule has 0 aliphatic carbocycles. The highest BCUT2D eigenvalue weighted by molar-refractivity contribution is 6.17. The van der Waals surface area contributed by atoms with E-state index in [2.05, 4.69) is 136 Å². The molecule has 0 bridgehead atoms. The lowest BCUT2D eigenvalue weighted by molar-refractivity contribution is 0.593. The van der Waals surface area contributed by atoms with E-state index in [1.54, 1.807) is 0 Å². The van der Waals surface area contributed by atoms with Crippen LogP contribution in [0.25, 0.3) is 43.6 Å². The van der Waals surface area contributed by atoms with E-state index in [0.29, 0.717) is 0 Å². The molecular weight excluding hydrogens is 546 g/mol. The minimum absolute atomic E-state index is 0.0727. The fourth-order valence-corrected chi connectivity index (χ4v) is 6.90. The van der Waals surface area contributed by atoms with Gasteiger partial charge < -0.3 is 0 Å². The van der Waals surface area contributed by atoms with Crippen LogP contribution in [0.1, 0.15) is 52.7 Å². The van der Waals surface area contributed by atoms with Gasteiger partial charge in [0.05, 0.1) is 5.52 Å². The number of pyridine rings is 2. The maximum Gasteiger partial charge on any atom is 0.137 e. The molecule has 0 aliphatic heterocycles. The number of hydrogen-bond donors (Lipinski definition) is 0. The number of hydrogen-bond acceptors (Lipinski definition) is 3. The molecule has 2 heterocycles. The number of anilines is 3. The highest BCUT2D eigenvalue weighted by Gasteiger charge is 2.29. The Bertz CT molecular complexity index is 2110. The molecule has 3 nitrogen and oxygen atoms in total. The SMILES string of the molecule is CC(C)(C)c1c2cc(-c3ccc(N(c4ccccc4)c4ccccn4)cc3)ccc2c(C(C)(C)C)c2c1ccc1cccnc12. The van der Waals surface area contributed by atoms with E-state index in [0.717, 1.165) is 22.7 Å². The number of benzene rings is 5. The maximum absolute atomic E-state index is 4.94. The van der Waals surface area contributed by atoms with Crippen molar-refractivity contribution in [3.05, 3.63) is 139 Å². The monoisotopic (exact) mass is 585 g/mol. The van der Waals surface area contributed by atoms with Crippen LogP contribution in [-0.4, -0.2) is 9.97 Å². The van der Waals surface area contributed by atoms with Crippen molar-refractivity contribution in [2.45, 2.75) is 52.4 Å². The van der Waals surface area contributed by atoms with Crippen LogP contribution in [0.3, 0.4) is 0 Å². The van der Waals surface area contributed by atoms with E-state index in [1.165, 1.54) is 49.2 Å². The third kappa shape index (κ3) is 5.13. The quantitative estimate of drug-likeness (QED) is 0.152. The number of aromatic nitrogens is 2. The van der Waals surface area contributed by atoms with Gasteiger partial charge in [-0.25, -0.2) is 4.98 Å². The Labute approximate surface area is 266 Å². The Hall–Kier alpha value is -5.02.